The average molecular weight is 230 g/mol. The molecule has 4 N–H and O–H groups in total. The highest BCUT2D eigenvalue weighted by molar-refractivity contribution is 5.89. The molecule has 0 aliphatic carbocycles. The molecule has 5 heteroatoms. The van der Waals surface area contributed by atoms with E-state index in [0.29, 0.717) is 6.42 Å². The first kappa shape index (κ1) is 14.9. The highest BCUT2D eigenvalue weighted by atomic mass is 16.4. The van der Waals surface area contributed by atoms with Crippen LogP contribution < -0.4 is 11.1 Å². The van der Waals surface area contributed by atoms with Gasteiger partial charge in [-0.25, -0.2) is 4.79 Å². The number of carboxylic acid groups (broad SMARTS) is 1. The van der Waals surface area contributed by atoms with Crippen molar-refractivity contribution in [3.63, 3.8) is 0 Å². The highest BCUT2D eigenvalue weighted by Gasteiger charge is 2.34. The van der Waals surface area contributed by atoms with Crippen LogP contribution in [0.3, 0.4) is 0 Å². The first-order valence-corrected chi connectivity index (χ1v) is 5.59. The lowest BCUT2D eigenvalue weighted by Gasteiger charge is -2.27. The number of hydrogen-bond donors (Lipinski definition) is 3. The summed E-state index contributed by atoms with van der Waals surface area (Å²) in [6, 6.07) is -0.657. The third-order valence-corrected chi connectivity index (χ3v) is 3.14. The molecule has 0 saturated carbocycles. The predicted molar refractivity (Wildman–Crippen MR) is 61.9 cm³/mol. The molecule has 0 fully saturated rings. The fourth-order valence-corrected chi connectivity index (χ4v) is 1.16. The monoisotopic (exact) mass is 230 g/mol. The Kier molecular flexibility index (Phi) is 5.44. The molecule has 94 valence electrons. The van der Waals surface area contributed by atoms with Crippen molar-refractivity contribution in [2.45, 2.75) is 52.1 Å². The van der Waals surface area contributed by atoms with Crippen molar-refractivity contribution in [3.05, 3.63) is 0 Å². The minimum absolute atomic E-state index is 0.0369. The molecule has 0 rings (SSSR count). The van der Waals surface area contributed by atoms with Crippen molar-refractivity contribution in [3.8, 4) is 0 Å². The molecule has 0 aromatic carbocycles. The van der Waals surface area contributed by atoms with Crippen LogP contribution in [0.2, 0.25) is 0 Å². The van der Waals surface area contributed by atoms with E-state index in [-0.39, 0.29) is 5.92 Å². The maximum atomic E-state index is 11.7. The Labute approximate surface area is 96.4 Å². The zero-order chi connectivity index (χ0) is 12.9. The maximum absolute atomic E-state index is 11.7. The largest absolute Gasteiger partial charge is 0.480 e. The van der Waals surface area contributed by atoms with Crippen LogP contribution in [0.25, 0.3) is 0 Å². The summed E-state index contributed by atoms with van der Waals surface area (Å²) < 4.78 is 0. The second kappa shape index (κ2) is 5.84. The molecule has 0 aliphatic rings. The van der Waals surface area contributed by atoms with Gasteiger partial charge in [0.15, 0.2) is 0 Å². The molecule has 0 saturated heterocycles. The standard InChI is InChI=1S/C11H22N2O3/c1-5-7(3)8(12)9(14)13-11(4,6-2)10(15)16/h7-8H,5-6,12H2,1-4H3,(H,13,14)(H,15,16). The average Bonchev–Trinajstić information content (AvgIpc) is 2.26. The Bertz CT molecular complexity index is 268. The van der Waals surface area contributed by atoms with E-state index in [9.17, 15) is 9.59 Å². The fraction of sp³-hybridized carbons (Fsp3) is 0.818. The van der Waals surface area contributed by atoms with Gasteiger partial charge >= 0.3 is 5.97 Å². The number of hydrogen-bond acceptors (Lipinski definition) is 3. The van der Waals surface area contributed by atoms with Crippen molar-refractivity contribution in [1.29, 1.82) is 0 Å². The molecular weight excluding hydrogens is 208 g/mol. The van der Waals surface area contributed by atoms with E-state index >= 15 is 0 Å². The van der Waals surface area contributed by atoms with E-state index in [2.05, 4.69) is 5.32 Å². The quantitative estimate of drug-likeness (QED) is 0.627. The molecule has 0 heterocycles. The van der Waals surface area contributed by atoms with Gasteiger partial charge in [-0.2, -0.15) is 0 Å². The van der Waals surface area contributed by atoms with Gasteiger partial charge in [-0.15, -0.1) is 0 Å². The number of nitrogens with one attached hydrogen (secondary N) is 1. The van der Waals surface area contributed by atoms with Gasteiger partial charge in [-0.05, 0) is 19.3 Å². The lowest BCUT2D eigenvalue weighted by atomic mass is 9.95. The van der Waals surface area contributed by atoms with Crippen molar-refractivity contribution in [2.75, 3.05) is 0 Å². The summed E-state index contributed by atoms with van der Waals surface area (Å²) in [6.07, 6.45) is 1.10. The molecule has 0 aromatic rings. The molecule has 0 aromatic heterocycles. The number of carbonyl (C=O) groups excluding carboxylic acids is 1. The summed E-state index contributed by atoms with van der Waals surface area (Å²) in [7, 11) is 0. The Hall–Kier alpha value is -1.10. The van der Waals surface area contributed by atoms with Crippen molar-refractivity contribution >= 4 is 11.9 Å². The third-order valence-electron chi connectivity index (χ3n) is 3.14. The lowest BCUT2D eigenvalue weighted by Crippen LogP contribution is -2.57. The third kappa shape index (κ3) is 3.48. The Morgan fingerprint density at radius 3 is 2.25 bits per heavy atom. The molecule has 0 aliphatic heterocycles. The Morgan fingerprint density at radius 2 is 1.94 bits per heavy atom. The minimum atomic E-state index is -1.23. The number of nitrogens with two attached hydrogens (primary N) is 1. The maximum Gasteiger partial charge on any atom is 0.329 e. The number of amides is 1. The van der Waals surface area contributed by atoms with Gasteiger partial charge in [0.2, 0.25) is 5.91 Å². The van der Waals surface area contributed by atoms with Gasteiger partial charge < -0.3 is 16.2 Å². The van der Waals surface area contributed by atoms with Crippen LogP contribution in [0.1, 0.15) is 40.5 Å². The summed E-state index contributed by atoms with van der Waals surface area (Å²) in [6.45, 7) is 7.00. The smallest absolute Gasteiger partial charge is 0.329 e. The molecule has 5 nitrogen and oxygen atoms in total. The van der Waals surface area contributed by atoms with Crippen molar-refractivity contribution < 1.29 is 14.7 Å². The van der Waals surface area contributed by atoms with Crippen LogP contribution in [0.15, 0.2) is 0 Å². The van der Waals surface area contributed by atoms with Gasteiger partial charge in [-0.1, -0.05) is 27.2 Å². The zero-order valence-electron chi connectivity index (χ0n) is 10.4. The second-order valence-electron chi connectivity index (χ2n) is 4.39. The van der Waals surface area contributed by atoms with Gasteiger partial charge in [0.25, 0.3) is 0 Å². The van der Waals surface area contributed by atoms with E-state index < -0.39 is 23.5 Å². The minimum Gasteiger partial charge on any atom is -0.480 e. The second-order valence-corrected chi connectivity index (χ2v) is 4.39. The van der Waals surface area contributed by atoms with E-state index in [1.807, 2.05) is 13.8 Å². The van der Waals surface area contributed by atoms with Gasteiger partial charge in [0.05, 0.1) is 6.04 Å². The first-order chi connectivity index (χ1) is 7.28. The summed E-state index contributed by atoms with van der Waals surface area (Å²) in [4.78, 5) is 22.7. The molecule has 3 unspecified atom stereocenters. The van der Waals surface area contributed by atoms with Gasteiger partial charge in [0, 0.05) is 0 Å². The summed E-state index contributed by atoms with van der Waals surface area (Å²) >= 11 is 0. The number of carbonyl (C=O) groups is 2. The van der Waals surface area contributed by atoms with Crippen LogP contribution in [-0.4, -0.2) is 28.6 Å². The van der Waals surface area contributed by atoms with E-state index in [1.54, 1.807) is 6.92 Å². The lowest BCUT2D eigenvalue weighted by molar-refractivity contribution is -0.147. The molecule has 16 heavy (non-hydrogen) atoms. The normalized spacial score (nSPS) is 18.3. The zero-order valence-corrected chi connectivity index (χ0v) is 10.4. The molecule has 1 amide bonds. The summed E-state index contributed by atoms with van der Waals surface area (Å²) in [5, 5.41) is 11.5. The highest BCUT2D eigenvalue weighted by Crippen LogP contribution is 2.12. The Morgan fingerprint density at radius 1 is 1.44 bits per heavy atom. The van der Waals surface area contributed by atoms with Crippen LogP contribution in [-0.2, 0) is 9.59 Å². The molecule has 3 atom stereocenters. The first-order valence-electron chi connectivity index (χ1n) is 5.59. The number of rotatable bonds is 6. The topological polar surface area (TPSA) is 92.4 Å². The van der Waals surface area contributed by atoms with Crippen molar-refractivity contribution in [1.82, 2.24) is 5.32 Å². The van der Waals surface area contributed by atoms with E-state index in [1.165, 1.54) is 6.92 Å². The van der Waals surface area contributed by atoms with Crippen LogP contribution in [0.4, 0.5) is 0 Å². The SMILES string of the molecule is CCC(C)C(N)C(=O)NC(C)(CC)C(=O)O. The predicted octanol–water partition coefficient (Wildman–Crippen LogP) is 0.729. The molecular formula is C11H22N2O3. The van der Waals surface area contributed by atoms with E-state index in [4.69, 9.17) is 10.8 Å². The van der Waals surface area contributed by atoms with Crippen LogP contribution in [0.5, 0.6) is 0 Å². The van der Waals surface area contributed by atoms with Crippen LogP contribution >= 0.6 is 0 Å². The summed E-state index contributed by atoms with van der Waals surface area (Å²) in [5.41, 5.74) is 4.49. The molecule has 0 radical (unpaired) electrons. The molecule has 0 bridgehead atoms. The van der Waals surface area contributed by atoms with Crippen LogP contribution in [0, 0.1) is 5.92 Å². The van der Waals surface area contributed by atoms with Gasteiger partial charge in [-0.3, -0.25) is 4.79 Å². The summed E-state index contributed by atoms with van der Waals surface area (Å²) in [5.74, 6) is -1.41. The number of carboxylic acids is 1. The fourth-order valence-electron chi connectivity index (χ4n) is 1.16. The van der Waals surface area contributed by atoms with Gasteiger partial charge in [0.1, 0.15) is 5.54 Å². The van der Waals surface area contributed by atoms with E-state index in [0.717, 1.165) is 6.42 Å². The Balaban J connectivity index is 4.60. The van der Waals surface area contributed by atoms with Crippen molar-refractivity contribution in [2.24, 2.45) is 11.7 Å². The number of aliphatic carboxylic acids is 1. The molecule has 0 spiro atoms.